The van der Waals surface area contributed by atoms with Gasteiger partial charge in [-0.05, 0) is 51.9 Å². The van der Waals surface area contributed by atoms with Crippen molar-refractivity contribution in [2.45, 2.75) is 52.1 Å². The first-order chi connectivity index (χ1) is 13.2. The van der Waals surface area contributed by atoms with Gasteiger partial charge in [0.2, 0.25) is 0 Å². The summed E-state index contributed by atoms with van der Waals surface area (Å²) in [6, 6.07) is 23.9. The lowest BCUT2D eigenvalue weighted by Crippen LogP contribution is -2.30. The Labute approximate surface area is 168 Å². The maximum Gasteiger partial charge on any atom is 0.0681 e. The van der Waals surface area contributed by atoms with Crippen molar-refractivity contribution < 1.29 is 5.11 Å². The molecule has 144 valence electrons. The van der Waals surface area contributed by atoms with Gasteiger partial charge in [-0.15, -0.1) is 0 Å². The van der Waals surface area contributed by atoms with E-state index in [-0.39, 0.29) is 17.4 Å². The van der Waals surface area contributed by atoms with Crippen LogP contribution in [0.3, 0.4) is 0 Å². The van der Waals surface area contributed by atoms with Crippen LogP contribution in [0.15, 0.2) is 66.7 Å². The Hall–Kier alpha value is -2.58. The molecule has 3 aromatic rings. The molecule has 2 nitrogen and oxygen atoms in total. The van der Waals surface area contributed by atoms with E-state index in [2.05, 4.69) is 100 Å². The SMILES string of the molecule is CC(C)(C)c1ccc(N2c3ccccc3C(C)(C)c3cc(CO)ccc32)cc1. The van der Waals surface area contributed by atoms with E-state index in [4.69, 9.17) is 0 Å². The Balaban J connectivity index is 1.94. The third-order valence-corrected chi connectivity index (χ3v) is 5.97. The molecule has 0 saturated carbocycles. The average molecular weight is 372 g/mol. The molecule has 0 radical (unpaired) electrons. The first kappa shape index (κ1) is 18.8. The fourth-order valence-corrected chi connectivity index (χ4v) is 4.24. The van der Waals surface area contributed by atoms with Gasteiger partial charge >= 0.3 is 0 Å². The fraction of sp³-hybridized carbons (Fsp3) is 0.308. The van der Waals surface area contributed by atoms with Crippen molar-refractivity contribution in [2.24, 2.45) is 0 Å². The second kappa shape index (κ2) is 6.49. The molecule has 1 heterocycles. The molecule has 0 aliphatic carbocycles. The minimum Gasteiger partial charge on any atom is -0.392 e. The van der Waals surface area contributed by atoms with E-state index in [1.54, 1.807) is 0 Å². The zero-order valence-electron chi connectivity index (χ0n) is 17.5. The van der Waals surface area contributed by atoms with E-state index in [9.17, 15) is 5.11 Å². The smallest absolute Gasteiger partial charge is 0.0681 e. The van der Waals surface area contributed by atoms with Crippen molar-refractivity contribution in [3.8, 4) is 0 Å². The number of aliphatic hydroxyl groups is 1. The van der Waals surface area contributed by atoms with Crippen molar-refractivity contribution >= 4 is 17.1 Å². The molecule has 0 saturated heterocycles. The molecule has 0 spiro atoms. The molecular weight excluding hydrogens is 342 g/mol. The van der Waals surface area contributed by atoms with Crippen molar-refractivity contribution in [1.29, 1.82) is 0 Å². The van der Waals surface area contributed by atoms with Crippen LogP contribution in [0, 0.1) is 0 Å². The number of aliphatic hydroxyl groups excluding tert-OH is 1. The summed E-state index contributed by atoms with van der Waals surface area (Å²) in [5.41, 5.74) is 8.41. The van der Waals surface area contributed by atoms with Crippen LogP contribution in [-0.2, 0) is 17.4 Å². The monoisotopic (exact) mass is 371 g/mol. The Morgan fingerprint density at radius 3 is 2.11 bits per heavy atom. The summed E-state index contributed by atoms with van der Waals surface area (Å²) in [7, 11) is 0. The summed E-state index contributed by atoms with van der Waals surface area (Å²) < 4.78 is 0. The number of nitrogens with zero attached hydrogens (tertiary/aromatic N) is 1. The van der Waals surface area contributed by atoms with E-state index < -0.39 is 0 Å². The van der Waals surface area contributed by atoms with E-state index in [1.165, 1.54) is 28.1 Å². The minimum absolute atomic E-state index is 0.0608. The Bertz CT molecular complexity index is 1010. The number of hydrogen-bond donors (Lipinski definition) is 1. The number of fused-ring (bicyclic) bond motifs is 2. The summed E-state index contributed by atoms with van der Waals surface area (Å²) in [5, 5.41) is 9.68. The highest BCUT2D eigenvalue weighted by Gasteiger charge is 2.36. The number of para-hydroxylation sites is 1. The lowest BCUT2D eigenvalue weighted by Gasteiger charge is -2.42. The van der Waals surface area contributed by atoms with Crippen molar-refractivity contribution in [3.05, 3.63) is 89.0 Å². The van der Waals surface area contributed by atoms with Gasteiger partial charge in [-0.3, -0.25) is 0 Å². The maximum atomic E-state index is 9.68. The Morgan fingerprint density at radius 1 is 0.821 bits per heavy atom. The molecule has 0 unspecified atom stereocenters. The number of hydrogen-bond acceptors (Lipinski definition) is 2. The van der Waals surface area contributed by atoms with Gasteiger partial charge in [-0.1, -0.05) is 77.1 Å². The van der Waals surface area contributed by atoms with Gasteiger partial charge in [0.05, 0.1) is 18.0 Å². The van der Waals surface area contributed by atoms with Gasteiger partial charge in [0.25, 0.3) is 0 Å². The lowest BCUT2D eigenvalue weighted by atomic mass is 9.73. The molecule has 28 heavy (non-hydrogen) atoms. The predicted molar refractivity (Wildman–Crippen MR) is 118 cm³/mol. The van der Waals surface area contributed by atoms with Gasteiger partial charge in [0.15, 0.2) is 0 Å². The Kier molecular flexibility index (Phi) is 4.35. The van der Waals surface area contributed by atoms with Gasteiger partial charge < -0.3 is 10.0 Å². The number of benzene rings is 3. The van der Waals surface area contributed by atoms with Crippen LogP contribution in [0.25, 0.3) is 0 Å². The minimum atomic E-state index is -0.126. The number of anilines is 3. The quantitative estimate of drug-likeness (QED) is 0.549. The first-order valence-corrected chi connectivity index (χ1v) is 9.98. The molecule has 0 fully saturated rings. The molecule has 4 rings (SSSR count). The molecule has 0 atom stereocenters. The second-order valence-electron chi connectivity index (χ2n) is 9.28. The zero-order valence-corrected chi connectivity index (χ0v) is 17.5. The van der Waals surface area contributed by atoms with Gasteiger partial charge in [-0.2, -0.15) is 0 Å². The molecular formula is C26H29NO. The molecule has 0 aromatic heterocycles. The van der Waals surface area contributed by atoms with Crippen molar-refractivity contribution in [3.63, 3.8) is 0 Å². The summed E-state index contributed by atoms with van der Waals surface area (Å²) in [5.74, 6) is 0. The molecule has 0 amide bonds. The van der Waals surface area contributed by atoms with Crippen LogP contribution < -0.4 is 4.90 Å². The van der Waals surface area contributed by atoms with Crippen LogP contribution in [0.5, 0.6) is 0 Å². The summed E-state index contributed by atoms with van der Waals surface area (Å²) >= 11 is 0. The van der Waals surface area contributed by atoms with Crippen molar-refractivity contribution in [2.75, 3.05) is 4.90 Å². The highest BCUT2D eigenvalue weighted by atomic mass is 16.3. The van der Waals surface area contributed by atoms with Crippen LogP contribution in [-0.4, -0.2) is 5.11 Å². The first-order valence-electron chi connectivity index (χ1n) is 9.98. The summed E-state index contributed by atoms with van der Waals surface area (Å²) in [4.78, 5) is 2.35. The largest absolute Gasteiger partial charge is 0.392 e. The normalized spacial score (nSPS) is 15.1. The number of rotatable bonds is 2. The molecule has 1 aliphatic rings. The molecule has 1 aliphatic heterocycles. The third kappa shape index (κ3) is 2.93. The van der Waals surface area contributed by atoms with Crippen LogP contribution in [0.4, 0.5) is 17.1 Å². The topological polar surface area (TPSA) is 23.5 Å². The van der Waals surface area contributed by atoms with Crippen LogP contribution >= 0.6 is 0 Å². The van der Waals surface area contributed by atoms with Gasteiger partial charge in [0.1, 0.15) is 0 Å². The fourth-order valence-electron chi connectivity index (χ4n) is 4.24. The molecule has 2 heteroatoms. The van der Waals surface area contributed by atoms with Gasteiger partial charge in [0, 0.05) is 11.1 Å². The maximum absolute atomic E-state index is 9.68. The molecule has 3 aromatic carbocycles. The van der Waals surface area contributed by atoms with Crippen molar-refractivity contribution in [1.82, 2.24) is 0 Å². The third-order valence-electron chi connectivity index (χ3n) is 5.97. The molecule has 0 bridgehead atoms. The standard InChI is InChI=1S/C26H29NO/c1-25(2,3)19-11-13-20(14-12-19)27-23-9-7-6-8-21(23)26(4,5)22-16-18(17-28)10-15-24(22)27/h6-16,28H,17H2,1-5H3. The van der Waals surface area contributed by atoms with E-state index in [0.29, 0.717) is 0 Å². The predicted octanol–water partition coefficient (Wildman–Crippen LogP) is 6.59. The summed E-state index contributed by atoms with van der Waals surface area (Å²) in [6.07, 6.45) is 0. The Morgan fingerprint density at radius 2 is 1.46 bits per heavy atom. The lowest BCUT2D eigenvalue weighted by molar-refractivity contribution is 0.281. The highest BCUT2D eigenvalue weighted by Crippen LogP contribution is 2.51. The van der Waals surface area contributed by atoms with Crippen LogP contribution in [0.2, 0.25) is 0 Å². The second-order valence-corrected chi connectivity index (χ2v) is 9.28. The summed E-state index contributed by atoms with van der Waals surface area (Å²) in [6.45, 7) is 11.3. The van der Waals surface area contributed by atoms with E-state index in [1.807, 2.05) is 6.07 Å². The average Bonchev–Trinajstić information content (AvgIpc) is 2.68. The van der Waals surface area contributed by atoms with E-state index in [0.717, 1.165) is 11.3 Å². The van der Waals surface area contributed by atoms with Crippen LogP contribution in [0.1, 0.15) is 56.9 Å². The zero-order chi connectivity index (χ0) is 20.1. The van der Waals surface area contributed by atoms with E-state index >= 15 is 0 Å². The highest BCUT2D eigenvalue weighted by molar-refractivity contribution is 5.86. The molecule has 1 N–H and O–H groups in total. The van der Waals surface area contributed by atoms with Gasteiger partial charge in [-0.25, -0.2) is 0 Å².